The number of aromatic nitrogens is 5. The van der Waals surface area contributed by atoms with Gasteiger partial charge in [-0.15, -0.1) is 4.80 Å². The molecule has 1 saturated carbocycles. The fourth-order valence-corrected chi connectivity index (χ4v) is 3.80. The summed E-state index contributed by atoms with van der Waals surface area (Å²) < 4.78 is 6.25. The molecule has 0 bridgehead atoms. The van der Waals surface area contributed by atoms with Gasteiger partial charge in [-0.3, -0.25) is 9.88 Å². The lowest BCUT2D eigenvalue weighted by atomic mass is 10.0. The minimum atomic E-state index is -0.527. The first kappa shape index (κ1) is 18.8. The lowest BCUT2D eigenvalue weighted by Gasteiger charge is -2.40. The number of hydrogen-bond acceptors (Lipinski definition) is 6. The van der Waals surface area contributed by atoms with Crippen LogP contribution in [0.3, 0.4) is 0 Å². The van der Waals surface area contributed by atoms with E-state index in [2.05, 4.69) is 25.5 Å². The van der Waals surface area contributed by atoms with Crippen LogP contribution in [0.2, 0.25) is 5.02 Å². The standard InChI is InChI=1S/C20H20ClN7O2/c1-20(2)11-27(16-10-22-9-14(12-3-4-12)17(16)30-20)19(29)26-13-7-15(21)18(23-8-13)28-24-5-6-25-28/h5-10,12H,3-4,11H2,1-2H3,(H,26,29). The van der Waals surface area contributed by atoms with Gasteiger partial charge in [0.1, 0.15) is 11.3 Å². The van der Waals surface area contributed by atoms with E-state index in [1.54, 1.807) is 17.2 Å². The van der Waals surface area contributed by atoms with Crippen molar-refractivity contribution in [1.82, 2.24) is 25.0 Å². The van der Waals surface area contributed by atoms with E-state index in [0.717, 1.165) is 24.2 Å². The molecule has 9 nitrogen and oxygen atoms in total. The maximum atomic E-state index is 13.2. The van der Waals surface area contributed by atoms with E-state index in [4.69, 9.17) is 16.3 Å². The molecule has 1 aliphatic carbocycles. The van der Waals surface area contributed by atoms with Gasteiger partial charge in [0.05, 0.1) is 42.0 Å². The molecule has 0 radical (unpaired) electrons. The summed E-state index contributed by atoms with van der Waals surface area (Å²) in [6, 6.07) is 1.32. The van der Waals surface area contributed by atoms with E-state index < -0.39 is 5.60 Å². The molecule has 30 heavy (non-hydrogen) atoms. The average Bonchev–Trinajstić information content (AvgIpc) is 3.40. The van der Waals surface area contributed by atoms with Crippen LogP contribution in [0.15, 0.2) is 37.1 Å². The van der Waals surface area contributed by atoms with Crippen LogP contribution in [0, 0.1) is 0 Å². The molecule has 0 atom stereocenters. The molecule has 0 unspecified atom stereocenters. The Bertz CT molecular complexity index is 1110. The number of hydrogen-bond donors (Lipinski definition) is 1. The predicted molar refractivity (Wildman–Crippen MR) is 111 cm³/mol. The highest BCUT2D eigenvalue weighted by Crippen LogP contribution is 2.49. The van der Waals surface area contributed by atoms with Crippen molar-refractivity contribution in [2.75, 3.05) is 16.8 Å². The number of nitrogens with zero attached hydrogens (tertiary/aromatic N) is 6. The number of rotatable bonds is 3. The van der Waals surface area contributed by atoms with Gasteiger partial charge in [0.15, 0.2) is 11.6 Å². The smallest absolute Gasteiger partial charge is 0.326 e. The van der Waals surface area contributed by atoms with Crippen LogP contribution in [-0.4, -0.2) is 43.1 Å². The molecule has 5 rings (SSSR count). The van der Waals surface area contributed by atoms with E-state index in [0.29, 0.717) is 34.7 Å². The molecule has 1 fully saturated rings. The number of carbonyl (C=O) groups excluding carboxylic acids is 1. The molecule has 154 valence electrons. The van der Waals surface area contributed by atoms with Gasteiger partial charge in [0, 0.05) is 11.8 Å². The van der Waals surface area contributed by atoms with Crippen molar-refractivity contribution >= 4 is 29.0 Å². The van der Waals surface area contributed by atoms with E-state index in [1.807, 2.05) is 20.0 Å². The quantitative estimate of drug-likeness (QED) is 0.685. The van der Waals surface area contributed by atoms with Gasteiger partial charge in [-0.1, -0.05) is 11.6 Å². The summed E-state index contributed by atoms with van der Waals surface area (Å²) in [5.74, 6) is 1.59. The van der Waals surface area contributed by atoms with E-state index >= 15 is 0 Å². The van der Waals surface area contributed by atoms with Crippen molar-refractivity contribution in [3.05, 3.63) is 47.6 Å². The summed E-state index contributed by atoms with van der Waals surface area (Å²) in [5, 5.41) is 11.2. The van der Waals surface area contributed by atoms with Crippen LogP contribution in [0.4, 0.5) is 16.2 Å². The number of amides is 2. The largest absolute Gasteiger partial charge is 0.483 e. The Hall–Kier alpha value is -3.20. The third-order valence-corrected chi connectivity index (χ3v) is 5.34. The Kier molecular flexibility index (Phi) is 4.35. The predicted octanol–water partition coefficient (Wildman–Crippen LogP) is 3.80. The summed E-state index contributed by atoms with van der Waals surface area (Å²) in [6.07, 6.45) is 10.4. The lowest BCUT2D eigenvalue weighted by Crippen LogP contribution is -2.51. The number of halogens is 1. The number of anilines is 2. The third kappa shape index (κ3) is 3.45. The zero-order chi connectivity index (χ0) is 20.9. The van der Waals surface area contributed by atoms with Crippen molar-refractivity contribution in [3.8, 4) is 11.6 Å². The second-order valence-corrected chi connectivity index (χ2v) is 8.48. The Morgan fingerprint density at radius 2 is 2.00 bits per heavy atom. The molecule has 1 N–H and O–H groups in total. The fourth-order valence-electron chi connectivity index (χ4n) is 3.56. The minimum Gasteiger partial charge on any atom is -0.483 e. The molecule has 0 saturated heterocycles. The maximum Gasteiger partial charge on any atom is 0.326 e. The zero-order valence-electron chi connectivity index (χ0n) is 16.5. The van der Waals surface area contributed by atoms with Crippen LogP contribution in [0.5, 0.6) is 5.75 Å². The van der Waals surface area contributed by atoms with E-state index in [1.165, 1.54) is 23.4 Å². The molecule has 0 aromatic carbocycles. The zero-order valence-corrected chi connectivity index (χ0v) is 17.3. The van der Waals surface area contributed by atoms with Gasteiger partial charge in [-0.2, -0.15) is 10.2 Å². The number of carbonyl (C=O) groups is 1. The molecular formula is C20H20ClN7O2. The molecule has 3 aromatic rings. The Labute approximate surface area is 178 Å². The monoisotopic (exact) mass is 425 g/mol. The highest BCUT2D eigenvalue weighted by atomic mass is 35.5. The van der Waals surface area contributed by atoms with Gasteiger partial charge in [0.2, 0.25) is 0 Å². The van der Waals surface area contributed by atoms with Crippen LogP contribution < -0.4 is 15.0 Å². The normalized spacial score (nSPS) is 17.2. The Morgan fingerprint density at radius 1 is 1.23 bits per heavy atom. The van der Waals surface area contributed by atoms with Crippen molar-refractivity contribution in [3.63, 3.8) is 0 Å². The van der Waals surface area contributed by atoms with Crippen LogP contribution >= 0.6 is 11.6 Å². The first-order valence-corrected chi connectivity index (χ1v) is 10.1. The second-order valence-electron chi connectivity index (χ2n) is 8.08. The highest BCUT2D eigenvalue weighted by Gasteiger charge is 2.39. The highest BCUT2D eigenvalue weighted by molar-refractivity contribution is 6.32. The van der Waals surface area contributed by atoms with Crippen molar-refractivity contribution in [1.29, 1.82) is 0 Å². The third-order valence-electron chi connectivity index (χ3n) is 5.06. The van der Waals surface area contributed by atoms with Crippen LogP contribution in [0.1, 0.15) is 38.2 Å². The molecule has 2 amide bonds. The summed E-state index contributed by atoms with van der Waals surface area (Å²) >= 11 is 6.32. The molecule has 3 aromatic heterocycles. The van der Waals surface area contributed by atoms with Crippen LogP contribution in [0.25, 0.3) is 5.82 Å². The average molecular weight is 426 g/mol. The molecule has 0 spiro atoms. The van der Waals surface area contributed by atoms with Gasteiger partial charge < -0.3 is 10.1 Å². The van der Waals surface area contributed by atoms with Gasteiger partial charge in [-0.25, -0.2) is 9.78 Å². The number of pyridine rings is 2. The summed E-state index contributed by atoms with van der Waals surface area (Å²) in [6.45, 7) is 4.33. The second kappa shape index (κ2) is 6.94. The molecule has 10 heteroatoms. The lowest BCUT2D eigenvalue weighted by molar-refractivity contribution is 0.105. The number of ether oxygens (including phenoxy) is 1. The summed E-state index contributed by atoms with van der Waals surface area (Å²) in [4.78, 5) is 24.8. The minimum absolute atomic E-state index is 0.301. The van der Waals surface area contributed by atoms with Crippen LogP contribution in [-0.2, 0) is 0 Å². The Morgan fingerprint density at radius 3 is 2.70 bits per heavy atom. The molecule has 2 aliphatic rings. The maximum absolute atomic E-state index is 13.2. The van der Waals surface area contributed by atoms with E-state index in [9.17, 15) is 4.79 Å². The van der Waals surface area contributed by atoms with Crippen molar-refractivity contribution < 1.29 is 9.53 Å². The topological polar surface area (TPSA) is 98.1 Å². The Balaban J connectivity index is 1.43. The number of fused-ring (bicyclic) bond motifs is 1. The fraction of sp³-hybridized carbons (Fsp3) is 0.350. The molecular weight excluding hydrogens is 406 g/mol. The summed E-state index contributed by atoms with van der Waals surface area (Å²) in [7, 11) is 0. The number of nitrogens with one attached hydrogen (secondary N) is 1. The number of urea groups is 1. The van der Waals surface area contributed by atoms with Crippen molar-refractivity contribution in [2.24, 2.45) is 0 Å². The molecule has 1 aliphatic heterocycles. The summed E-state index contributed by atoms with van der Waals surface area (Å²) in [5.41, 5.74) is 1.69. The van der Waals surface area contributed by atoms with Gasteiger partial charge >= 0.3 is 6.03 Å². The van der Waals surface area contributed by atoms with Gasteiger partial charge in [0.25, 0.3) is 0 Å². The SMILES string of the molecule is CC1(C)CN(C(=O)Nc2cnc(-n3nccn3)c(Cl)c2)c2cncc(C3CC3)c2O1. The molecule has 4 heterocycles. The first-order chi connectivity index (χ1) is 14.4. The van der Waals surface area contributed by atoms with Crippen molar-refractivity contribution in [2.45, 2.75) is 38.2 Å². The van der Waals surface area contributed by atoms with Gasteiger partial charge in [-0.05, 0) is 38.7 Å². The van der Waals surface area contributed by atoms with E-state index in [-0.39, 0.29) is 6.03 Å². The first-order valence-electron chi connectivity index (χ1n) is 9.69.